The Bertz CT molecular complexity index is 632. The van der Waals surface area contributed by atoms with Crippen molar-refractivity contribution in [3.05, 3.63) is 35.7 Å². The van der Waals surface area contributed by atoms with Crippen molar-refractivity contribution in [3.8, 4) is 0 Å². The van der Waals surface area contributed by atoms with Gasteiger partial charge < -0.3 is 5.32 Å². The molecule has 2 aliphatic rings. The first-order chi connectivity index (χ1) is 8.74. The van der Waals surface area contributed by atoms with Crippen LogP contribution < -0.4 is 14.7 Å². The number of nitrogens with zero attached hydrogens (tertiary/aromatic N) is 1. The summed E-state index contributed by atoms with van der Waals surface area (Å²) in [6.45, 7) is 0. The third-order valence-corrected chi connectivity index (χ3v) is 3.53. The van der Waals surface area contributed by atoms with Crippen molar-refractivity contribution in [2.24, 2.45) is 0 Å². The van der Waals surface area contributed by atoms with Gasteiger partial charge in [-0.25, -0.2) is 9.18 Å². The molecule has 0 radical (unpaired) electrons. The Kier molecular flexibility index (Phi) is 2.66. The minimum Gasteiger partial charge on any atom is -0.306 e. The molecular weight excluding hydrogens is 253 g/mol. The van der Waals surface area contributed by atoms with E-state index in [2.05, 4.69) is 14.7 Å². The molecule has 0 bridgehead atoms. The zero-order valence-electron chi connectivity index (χ0n) is 9.24. The maximum atomic E-state index is 13.9. The Morgan fingerprint density at radius 2 is 2.28 bits per heavy atom. The monoisotopic (exact) mass is 262 g/mol. The standard InChI is InChI=1S/C12H8FN3OS/c13-9-3-4-10-11(15-12(17)16-18-10)8(9)6-7-2-1-5-14-7/h1-5H,6H2,(H-,15,16,17)/p+1. The van der Waals surface area contributed by atoms with Gasteiger partial charge in [-0.15, -0.1) is 0 Å². The maximum absolute atomic E-state index is 13.9. The van der Waals surface area contributed by atoms with Gasteiger partial charge in [0.1, 0.15) is 5.82 Å². The summed E-state index contributed by atoms with van der Waals surface area (Å²) in [5, 5.41) is 2.64. The number of nitrogens with one attached hydrogen (secondary N) is 2. The first kappa shape index (κ1) is 11.1. The van der Waals surface area contributed by atoms with Crippen LogP contribution >= 0.6 is 11.9 Å². The number of carbonyl (C=O) groups is 1. The Labute approximate surface area is 107 Å². The number of hydrogen-bond donors (Lipinski definition) is 2. The summed E-state index contributed by atoms with van der Waals surface area (Å²) < 4.78 is 20.6. The second-order valence-electron chi connectivity index (χ2n) is 3.86. The van der Waals surface area contributed by atoms with Crippen LogP contribution in [-0.2, 0) is 6.42 Å². The molecule has 0 fully saturated rings. The molecule has 2 N–H and O–H groups in total. The van der Waals surface area contributed by atoms with Crippen molar-refractivity contribution < 1.29 is 9.18 Å². The van der Waals surface area contributed by atoms with E-state index < -0.39 is 0 Å². The van der Waals surface area contributed by atoms with Gasteiger partial charge in [-0.05, 0) is 24.1 Å². The van der Waals surface area contributed by atoms with Crippen molar-refractivity contribution in [1.82, 2.24) is 9.39 Å². The number of benzene rings is 1. The van der Waals surface area contributed by atoms with Crippen LogP contribution in [0.25, 0.3) is 0 Å². The van der Waals surface area contributed by atoms with Crippen LogP contribution in [0.2, 0.25) is 0 Å². The van der Waals surface area contributed by atoms with Gasteiger partial charge in [-0.1, -0.05) is 4.67 Å². The smallest absolute Gasteiger partial charge is 0.306 e. The number of hydrogen-bond acceptors (Lipinski definition) is 2. The van der Waals surface area contributed by atoms with Gasteiger partial charge in [0.2, 0.25) is 0 Å². The van der Waals surface area contributed by atoms with Crippen LogP contribution in [0.3, 0.4) is 0 Å². The van der Waals surface area contributed by atoms with Crippen LogP contribution in [0, 0.1) is 5.82 Å². The summed E-state index contributed by atoms with van der Waals surface area (Å²) >= 11 is 1.18. The number of allylic oxidation sites excluding steroid dienone is 2. The highest BCUT2D eigenvalue weighted by Crippen LogP contribution is 2.33. The van der Waals surface area contributed by atoms with Crippen LogP contribution in [-0.4, -0.2) is 18.0 Å². The zero-order chi connectivity index (χ0) is 12.5. The number of rotatable bonds is 2. The highest BCUT2D eigenvalue weighted by Gasteiger charge is 2.24. The topological polar surface area (TPSA) is 55.2 Å². The number of halogens is 1. The molecule has 2 heterocycles. The summed E-state index contributed by atoms with van der Waals surface area (Å²) in [7, 11) is 0. The molecular formula is C12H9FN3OS+. The van der Waals surface area contributed by atoms with Crippen LogP contribution in [0.4, 0.5) is 14.9 Å². The van der Waals surface area contributed by atoms with E-state index in [1.165, 1.54) is 18.0 Å². The molecule has 0 atom stereocenters. The molecule has 1 aromatic carbocycles. The molecule has 2 aliphatic heterocycles. The van der Waals surface area contributed by atoms with Crippen molar-refractivity contribution >= 4 is 35.6 Å². The largest absolute Gasteiger partial charge is 0.329 e. The van der Waals surface area contributed by atoms with E-state index in [4.69, 9.17) is 0 Å². The first-order valence-electron chi connectivity index (χ1n) is 5.36. The molecule has 0 saturated carbocycles. The van der Waals surface area contributed by atoms with Gasteiger partial charge in [0.15, 0.2) is 0 Å². The summed E-state index contributed by atoms with van der Waals surface area (Å²) in [4.78, 5) is 12.1. The van der Waals surface area contributed by atoms with E-state index in [9.17, 15) is 9.18 Å². The number of fused-ring (bicyclic) bond motifs is 1. The van der Waals surface area contributed by atoms with Crippen LogP contribution in [0.15, 0.2) is 29.2 Å². The van der Waals surface area contributed by atoms with E-state index in [0.29, 0.717) is 17.7 Å². The van der Waals surface area contributed by atoms with Gasteiger partial charge in [0.05, 0.1) is 17.0 Å². The molecule has 0 saturated heterocycles. The van der Waals surface area contributed by atoms with Crippen LogP contribution in [0.1, 0.15) is 5.56 Å². The first-order valence-corrected chi connectivity index (χ1v) is 6.17. The van der Waals surface area contributed by atoms with E-state index in [-0.39, 0.29) is 11.8 Å². The number of amides is 2. The summed E-state index contributed by atoms with van der Waals surface area (Å²) in [6.07, 6.45) is 5.66. The molecule has 4 nitrogen and oxygen atoms in total. The highest BCUT2D eigenvalue weighted by atomic mass is 32.2. The molecule has 0 unspecified atom stereocenters. The number of anilines is 1. The van der Waals surface area contributed by atoms with Gasteiger partial charge >= 0.3 is 11.7 Å². The second kappa shape index (κ2) is 4.33. The lowest BCUT2D eigenvalue weighted by Crippen LogP contribution is -2.28. The van der Waals surface area contributed by atoms with Crippen LogP contribution in [0.5, 0.6) is 0 Å². The maximum Gasteiger partial charge on any atom is 0.329 e. The van der Waals surface area contributed by atoms with Gasteiger partial charge in [0, 0.05) is 17.7 Å². The average molecular weight is 262 g/mol. The average Bonchev–Trinajstić information content (AvgIpc) is 2.86. The molecule has 6 heteroatoms. The molecule has 1 aromatic rings. The van der Waals surface area contributed by atoms with E-state index in [0.717, 1.165) is 10.6 Å². The van der Waals surface area contributed by atoms with Gasteiger partial charge in [0.25, 0.3) is 6.21 Å². The highest BCUT2D eigenvalue weighted by molar-refractivity contribution is 7.98. The predicted octanol–water partition coefficient (Wildman–Crippen LogP) is 1.66. The molecule has 2 amide bonds. The Morgan fingerprint density at radius 3 is 3.06 bits per heavy atom. The molecule has 0 aliphatic carbocycles. The minimum absolute atomic E-state index is 0.334. The molecule has 90 valence electrons. The van der Waals surface area contributed by atoms with Crippen molar-refractivity contribution in [1.29, 1.82) is 0 Å². The fourth-order valence-electron chi connectivity index (χ4n) is 1.86. The Balaban J connectivity index is 2.04. The Hall–Kier alpha value is -2.04. The predicted molar refractivity (Wildman–Crippen MR) is 70.5 cm³/mol. The molecule has 3 rings (SSSR count). The second-order valence-corrected chi connectivity index (χ2v) is 4.71. The molecule has 0 spiro atoms. The summed E-state index contributed by atoms with van der Waals surface area (Å²) in [5.74, 6) is -0.334. The molecule has 0 aromatic heterocycles. The summed E-state index contributed by atoms with van der Waals surface area (Å²) in [6, 6.07) is 2.71. The van der Waals surface area contributed by atoms with Crippen molar-refractivity contribution in [2.75, 3.05) is 5.32 Å². The third kappa shape index (κ3) is 1.92. The molecule has 18 heavy (non-hydrogen) atoms. The van der Waals surface area contributed by atoms with Gasteiger partial charge in [-0.2, -0.15) is 0 Å². The lowest BCUT2D eigenvalue weighted by molar-refractivity contribution is 0.257. The fourth-order valence-corrected chi connectivity index (χ4v) is 2.52. The minimum atomic E-state index is -0.338. The van der Waals surface area contributed by atoms with Crippen molar-refractivity contribution in [3.63, 3.8) is 0 Å². The quantitative estimate of drug-likeness (QED) is 0.629. The van der Waals surface area contributed by atoms with Gasteiger partial charge in [-0.3, -0.25) is 4.72 Å². The van der Waals surface area contributed by atoms with E-state index in [1.54, 1.807) is 18.4 Å². The lowest BCUT2D eigenvalue weighted by Gasteiger charge is -2.19. The lowest BCUT2D eigenvalue weighted by atomic mass is 10.1. The number of urea groups is 1. The van der Waals surface area contributed by atoms with E-state index in [1.807, 2.05) is 6.08 Å². The summed E-state index contributed by atoms with van der Waals surface area (Å²) in [5.41, 5.74) is 1.78. The normalized spacial score (nSPS) is 16.1. The SMILES string of the molecule is O=C1NSc2ccc(F)c(CC3=[N+]=CC=C3)c2N1. The zero-order valence-corrected chi connectivity index (χ0v) is 10.1. The number of carbonyl (C=O) groups excluding carboxylic acids is 1. The third-order valence-electron chi connectivity index (χ3n) is 2.68. The Morgan fingerprint density at radius 1 is 1.39 bits per heavy atom. The van der Waals surface area contributed by atoms with Crippen molar-refractivity contribution in [2.45, 2.75) is 11.3 Å². The van der Waals surface area contributed by atoms with E-state index >= 15 is 0 Å². The fraction of sp³-hybridized carbons (Fsp3) is 0.0833.